The molecule has 0 aliphatic carbocycles. The predicted molar refractivity (Wildman–Crippen MR) is 78.1 cm³/mol. The molecule has 0 aromatic heterocycles. The van der Waals surface area contributed by atoms with Gasteiger partial charge in [-0.3, -0.25) is 4.84 Å². The molecule has 1 amide bonds. The number of rotatable bonds is 5. The monoisotopic (exact) mass is 275 g/mol. The summed E-state index contributed by atoms with van der Waals surface area (Å²) < 4.78 is 0. The number of oxime groups is 1. The van der Waals surface area contributed by atoms with E-state index in [9.17, 15) is 4.79 Å². The average molecular weight is 275 g/mol. The van der Waals surface area contributed by atoms with Crippen LogP contribution in [0.5, 0.6) is 0 Å². The van der Waals surface area contributed by atoms with Crippen LogP contribution in [-0.2, 0) is 4.84 Å². The summed E-state index contributed by atoms with van der Waals surface area (Å²) in [5.74, 6) is 0.930. The van der Waals surface area contributed by atoms with Gasteiger partial charge in [-0.15, -0.1) is 11.8 Å². The first kappa shape index (κ1) is 17.2. The summed E-state index contributed by atoms with van der Waals surface area (Å²) in [5.41, 5.74) is 0.121. The molecule has 0 unspecified atom stereocenters. The number of nitrogens with zero attached hydrogens (tertiary/aromatic N) is 2. The molecule has 0 radical (unpaired) electrons. The molecule has 0 aliphatic heterocycles. The molecule has 0 heterocycles. The van der Waals surface area contributed by atoms with E-state index in [0.717, 1.165) is 23.8 Å². The van der Waals surface area contributed by atoms with E-state index in [0.29, 0.717) is 0 Å². The van der Waals surface area contributed by atoms with E-state index in [4.69, 9.17) is 4.84 Å². The average Bonchev–Trinajstić information content (AvgIpc) is 2.22. The molecule has 0 saturated heterocycles. The summed E-state index contributed by atoms with van der Waals surface area (Å²) in [6.45, 7) is 7.37. The summed E-state index contributed by atoms with van der Waals surface area (Å²) in [5, 5.41) is 7.15. The van der Waals surface area contributed by atoms with Crippen molar-refractivity contribution in [3.63, 3.8) is 0 Å². The molecule has 0 saturated carbocycles. The van der Waals surface area contributed by atoms with E-state index >= 15 is 0 Å². The van der Waals surface area contributed by atoms with Gasteiger partial charge in [-0.25, -0.2) is 4.79 Å². The molecule has 1 N–H and O–H groups in total. The number of carbonyl (C=O) groups excluding carboxylic acids is 1. The van der Waals surface area contributed by atoms with Crippen molar-refractivity contribution in [1.29, 1.82) is 0 Å². The van der Waals surface area contributed by atoms with E-state index in [-0.39, 0.29) is 5.41 Å². The van der Waals surface area contributed by atoms with Gasteiger partial charge in [0.05, 0.1) is 0 Å². The zero-order chi connectivity index (χ0) is 14.2. The summed E-state index contributed by atoms with van der Waals surface area (Å²) >= 11 is 1.63. The third-order valence-electron chi connectivity index (χ3n) is 1.92. The standard InChI is InChI=1S/C12H25N3O2S/c1-12(2,3)9-10(14-17-11(16)13-4)18-8-7-15(5)6/h7-9H2,1-6H3,(H,13,16). The van der Waals surface area contributed by atoms with Crippen molar-refractivity contribution in [2.24, 2.45) is 10.6 Å². The maximum atomic E-state index is 11.0. The van der Waals surface area contributed by atoms with E-state index in [2.05, 4.69) is 36.1 Å². The van der Waals surface area contributed by atoms with Gasteiger partial charge in [0, 0.05) is 25.8 Å². The molecule has 0 fully saturated rings. The fourth-order valence-electron chi connectivity index (χ4n) is 1.05. The maximum Gasteiger partial charge on any atom is 0.433 e. The lowest BCUT2D eigenvalue weighted by Crippen LogP contribution is -2.19. The molecule has 18 heavy (non-hydrogen) atoms. The lowest BCUT2D eigenvalue weighted by molar-refractivity contribution is 0.153. The van der Waals surface area contributed by atoms with Crippen molar-refractivity contribution in [1.82, 2.24) is 10.2 Å². The van der Waals surface area contributed by atoms with Gasteiger partial charge in [0.25, 0.3) is 0 Å². The van der Waals surface area contributed by atoms with Crippen LogP contribution in [0.25, 0.3) is 0 Å². The normalized spacial score (nSPS) is 12.7. The highest BCUT2D eigenvalue weighted by Gasteiger charge is 2.16. The fraction of sp³-hybridized carbons (Fsp3) is 0.833. The molecule has 0 rings (SSSR count). The molecule has 0 bridgehead atoms. The summed E-state index contributed by atoms with van der Waals surface area (Å²) in [7, 11) is 5.57. The second-order valence-electron chi connectivity index (χ2n) is 5.50. The van der Waals surface area contributed by atoms with Gasteiger partial charge >= 0.3 is 6.09 Å². The number of hydrogen-bond donors (Lipinski definition) is 1. The van der Waals surface area contributed by atoms with Gasteiger partial charge < -0.3 is 10.2 Å². The van der Waals surface area contributed by atoms with Crippen molar-refractivity contribution in [2.75, 3.05) is 33.4 Å². The van der Waals surface area contributed by atoms with Crippen LogP contribution in [0.1, 0.15) is 27.2 Å². The van der Waals surface area contributed by atoms with Gasteiger partial charge in [-0.2, -0.15) is 0 Å². The molecular formula is C12H25N3O2S. The van der Waals surface area contributed by atoms with Crippen molar-refractivity contribution in [3.05, 3.63) is 0 Å². The predicted octanol–water partition coefficient (Wildman–Crippen LogP) is 2.39. The molecule has 0 aromatic rings. The Morgan fingerprint density at radius 3 is 2.44 bits per heavy atom. The van der Waals surface area contributed by atoms with Gasteiger partial charge in [0.15, 0.2) is 0 Å². The number of thioether (sulfide) groups is 1. The highest BCUT2D eigenvalue weighted by molar-refractivity contribution is 8.13. The lowest BCUT2D eigenvalue weighted by Gasteiger charge is -2.19. The minimum Gasteiger partial charge on any atom is -0.323 e. The van der Waals surface area contributed by atoms with Crippen LogP contribution in [-0.4, -0.2) is 49.5 Å². The minimum absolute atomic E-state index is 0.121. The molecule has 0 aromatic carbocycles. The first-order valence-electron chi connectivity index (χ1n) is 5.97. The molecule has 5 nitrogen and oxygen atoms in total. The molecule has 0 atom stereocenters. The van der Waals surface area contributed by atoms with E-state index in [1.165, 1.54) is 7.05 Å². The highest BCUT2D eigenvalue weighted by atomic mass is 32.2. The van der Waals surface area contributed by atoms with Crippen molar-refractivity contribution in [2.45, 2.75) is 27.2 Å². The largest absolute Gasteiger partial charge is 0.433 e. The van der Waals surface area contributed by atoms with Crippen molar-refractivity contribution >= 4 is 22.9 Å². The first-order valence-corrected chi connectivity index (χ1v) is 6.96. The quantitative estimate of drug-likeness (QED) is 0.362. The second-order valence-corrected chi connectivity index (χ2v) is 6.67. The zero-order valence-electron chi connectivity index (χ0n) is 12.2. The number of nitrogens with one attached hydrogen (secondary N) is 1. The molecular weight excluding hydrogens is 250 g/mol. The Labute approximate surface area is 114 Å². The van der Waals surface area contributed by atoms with Gasteiger partial charge in [0.1, 0.15) is 5.04 Å². The van der Waals surface area contributed by atoms with Crippen LogP contribution in [0.15, 0.2) is 5.16 Å². The Bertz CT molecular complexity index is 286. The van der Waals surface area contributed by atoms with E-state index in [1.807, 2.05) is 14.1 Å². The van der Waals surface area contributed by atoms with Crippen LogP contribution >= 0.6 is 11.8 Å². The van der Waals surface area contributed by atoms with Gasteiger partial charge in [0.2, 0.25) is 0 Å². The van der Waals surface area contributed by atoms with E-state index in [1.54, 1.807) is 11.8 Å². The van der Waals surface area contributed by atoms with Crippen LogP contribution in [0.3, 0.4) is 0 Å². The summed E-state index contributed by atoms with van der Waals surface area (Å²) in [4.78, 5) is 17.9. The third-order valence-corrected chi connectivity index (χ3v) is 2.86. The Morgan fingerprint density at radius 1 is 1.39 bits per heavy atom. The summed E-state index contributed by atoms with van der Waals surface area (Å²) in [6.07, 6.45) is 0.261. The van der Waals surface area contributed by atoms with Crippen molar-refractivity contribution < 1.29 is 9.63 Å². The van der Waals surface area contributed by atoms with Crippen molar-refractivity contribution in [3.8, 4) is 0 Å². The highest BCUT2D eigenvalue weighted by Crippen LogP contribution is 2.24. The maximum absolute atomic E-state index is 11.0. The van der Waals surface area contributed by atoms with Crippen LogP contribution in [0, 0.1) is 5.41 Å². The van der Waals surface area contributed by atoms with E-state index < -0.39 is 6.09 Å². The summed E-state index contributed by atoms with van der Waals surface area (Å²) in [6, 6.07) is 0. The van der Waals surface area contributed by atoms with Gasteiger partial charge in [-0.1, -0.05) is 25.9 Å². The zero-order valence-corrected chi connectivity index (χ0v) is 13.1. The minimum atomic E-state index is -0.533. The van der Waals surface area contributed by atoms with Gasteiger partial charge in [-0.05, 0) is 19.5 Å². The molecule has 0 aliphatic rings. The number of carbonyl (C=O) groups is 1. The van der Waals surface area contributed by atoms with Crippen LogP contribution < -0.4 is 5.32 Å². The molecule has 6 heteroatoms. The number of hydrogen-bond acceptors (Lipinski definition) is 5. The second kappa shape index (κ2) is 8.37. The first-order chi connectivity index (χ1) is 8.24. The Morgan fingerprint density at radius 2 is 2.00 bits per heavy atom. The Hall–Kier alpha value is -0.750. The van der Waals surface area contributed by atoms with Crippen LogP contribution in [0.2, 0.25) is 0 Å². The van der Waals surface area contributed by atoms with Crippen LogP contribution in [0.4, 0.5) is 4.79 Å². The number of amides is 1. The fourth-order valence-corrected chi connectivity index (χ4v) is 2.36. The lowest BCUT2D eigenvalue weighted by atomic mass is 9.93. The Kier molecular flexibility index (Phi) is 8.02. The molecule has 0 spiro atoms. The topological polar surface area (TPSA) is 53.9 Å². The molecule has 106 valence electrons. The SMILES string of the molecule is CNC(=O)ON=C(CC(C)(C)C)SCCN(C)C. The third kappa shape index (κ3) is 10.4. The smallest absolute Gasteiger partial charge is 0.323 e. The Balaban J connectivity index is 4.37.